The molecule has 2 fully saturated rings. The molecule has 1 aromatic carbocycles. The highest BCUT2D eigenvalue weighted by atomic mass is 16.6. The number of aromatic nitrogens is 1. The highest BCUT2D eigenvalue weighted by Crippen LogP contribution is 2.38. The van der Waals surface area contributed by atoms with Gasteiger partial charge < -0.3 is 14.2 Å². The van der Waals surface area contributed by atoms with Crippen LogP contribution in [-0.2, 0) is 16.6 Å². The van der Waals surface area contributed by atoms with E-state index in [4.69, 9.17) is 4.74 Å². The summed E-state index contributed by atoms with van der Waals surface area (Å²) in [6.45, 7) is 2.63. The third kappa shape index (κ3) is 3.84. The number of carbonyl (C=O) groups excluding carboxylic acids is 2. The molecule has 2 aliphatic rings. The molecule has 4 rings (SSSR count). The Kier molecular flexibility index (Phi) is 5.03. The molecule has 1 saturated heterocycles. The first-order valence-corrected chi connectivity index (χ1v) is 10.2. The van der Waals surface area contributed by atoms with Gasteiger partial charge in [-0.05, 0) is 42.5 Å². The standard InChI is InChI=1S/C23H26N2O4/c1-16(25-14-12-23(29-22(25)28)10-7-20(26)8-11-23)17-3-5-18(6-4-17)19-9-13-24(2)21(27)15-19/h3-6,9,13,15-16H,7-8,10-12,14H2,1-2H3. The maximum absolute atomic E-state index is 12.7. The molecule has 2 heterocycles. The molecule has 1 unspecified atom stereocenters. The summed E-state index contributed by atoms with van der Waals surface area (Å²) in [6, 6.07) is 11.4. The molecule has 1 amide bonds. The first kappa shape index (κ1) is 19.4. The fraction of sp³-hybridized carbons (Fsp3) is 0.435. The van der Waals surface area contributed by atoms with Crippen molar-refractivity contribution in [3.05, 3.63) is 58.5 Å². The topological polar surface area (TPSA) is 68.6 Å². The summed E-state index contributed by atoms with van der Waals surface area (Å²) in [5.41, 5.74) is 2.35. The molecule has 1 aliphatic carbocycles. The fourth-order valence-corrected chi connectivity index (χ4v) is 4.26. The lowest BCUT2D eigenvalue weighted by Gasteiger charge is -2.44. The summed E-state index contributed by atoms with van der Waals surface area (Å²) in [6.07, 6.45) is 4.53. The van der Waals surface area contributed by atoms with Crippen LogP contribution in [0.2, 0.25) is 0 Å². The second-order valence-electron chi connectivity index (χ2n) is 8.20. The van der Waals surface area contributed by atoms with Crippen LogP contribution in [0.25, 0.3) is 11.1 Å². The number of hydrogen-bond donors (Lipinski definition) is 0. The van der Waals surface area contributed by atoms with Gasteiger partial charge in [0.15, 0.2) is 0 Å². The second kappa shape index (κ2) is 7.50. The van der Waals surface area contributed by atoms with Crippen LogP contribution in [0.1, 0.15) is 50.6 Å². The molecule has 0 bridgehead atoms. The van der Waals surface area contributed by atoms with E-state index in [0.717, 1.165) is 23.1 Å². The zero-order valence-corrected chi connectivity index (χ0v) is 16.9. The number of nitrogens with zero attached hydrogens (tertiary/aromatic N) is 2. The van der Waals surface area contributed by atoms with Crippen molar-refractivity contribution < 1.29 is 14.3 Å². The maximum atomic E-state index is 12.7. The van der Waals surface area contributed by atoms with Crippen molar-refractivity contribution in [3.63, 3.8) is 0 Å². The number of aryl methyl sites for hydroxylation is 1. The number of carbonyl (C=O) groups is 2. The minimum Gasteiger partial charge on any atom is -0.443 e. The van der Waals surface area contributed by atoms with E-state index >= 15 is 0 Å². The van der Waals surface area contributed by atoms with E-state index in [1.807, 2.05) is 37.3 Å². The number of hydrogen-bond acceptors (Lipinski definition) is 4. The predicted molar refractivity (Wildman–Crippen MR) is 110 cm³/mol. The van der Waals surface area contributed by atoms with Crippen molar-refractivity contribution in [2.45, 2.75) is 50.7 Å². The van der Waals surface area contributed by atoms with Crippen LogP contribution in [0.5, 0.6) is 0 Å². The highest BCUT2D eigenvalue weighted by Gasteiger charge is 2.44. The average molecular weight is 394 g/mol. The quantitative estimate of drug-likeness (QED) is 0.793. The minimum atomic E-state index is -0.454. The third-order valence-corrected chi connectivity index (χ3v) is 6.36. The highest BCUT2D eigenvalue weighted by molar-refractivity contribution is 5.80. The van der Waals surface area contributed by atoms with Gasteiger partial charge in [0.05, 0.1) is 6.04 Å². The molecular weight excluding hydrogens is 368 g/mol. The SMILES string of the molecule is CC(c1ccc(-c2ccn(C)c(=O)c2)cc1)N1CCC2(CCC(=O)CC2)OC1=O. The van der Waals surface area contributed by atoms with Crippen LogP contribution in [0, 0.1) is 0 Å². The van der Waals surface area contributed by atoms with Gasteiger partial charge in [0.1, 0.15) is 11.4 Å². The predicted octanol–water partition coefficient (Wildman–Crippen LogP) is 3.84. The Morgan fingerprint density at radius 2 is 1.66 bits per heavy atom. The molecule has 2 aromatic rings. The van der Waals surface area contributed by atoms with Crippen molar-refractivity contribution in [3.8, 4) is 11.1 Å². The van der Waals surface area contributed by atoms with Crippen LogP contribution < -0.4 is 5.56 Å². The molecule has 0 radical (unpaired) electrons. The molecule has 1 aliphatic heterocycles. The Balaban J connectivity index is 1.46. The van der Waals surface area contributed by atoms with Crippen LogP contribution in [0.4, 0.5) is 4.79 Å². The summed E-state index contributed by atoms with van der Waals surface area (Å²) in [5, 5.41) is 0. The summed E-state index contributed by atoms with van der Waals surface area (Å²) < 4.78 is 7.37. The molecule has 1 atom stereocenters. The lowest BCUT2D eigenvalue weighted by molar-refractivity contribution is -0.129. The Morgan fingerprint density at radius 3 is 2.28 bits per heavy atom. The summed E-state index contributed by atoms with van der Waals surface area (Å²) in [4.78, 5) is 37.8. The molecule has 1 saturated carbocycles. The molecule has 6 heteroatoms. The molecule has 29 heavy (non-hydrogen) atoms. The number of ether oxygens (including phenoxy) is 1. The van der Waals surface area contributed by atoms with Gasteiger partial charge in [-0.3, -0.25) is 9.59 Å². The van der Waals surface area contributed by atoms with Crippen LogP contribution in [-0.4, -0.2) is 33.5 Å². The fourth-order valence-electron chi connectivity index (χ4n) is 4.26. The van der Waals surface area contributed by atoms with E-state index in [1.54, 1.807) is 24.2 Å². The first-order valence-electron chi connectivity index (χ1n) is 10.2. The zero-order valence-electron chi connectivity index (χ0n) is 16.9. The van der Waals surface area contributed by atoms with Crippen LogP contribution in [0.15, 0.2) is 47.4 Å². The number of amides is 1. The molecule has 0 N–H and O–H groups in total. The van der Waals surface area contributed by atoms with E-state index in [0.29, 0.717) is 32.2 Å². The van der Waals surface area contributed by atoms with Gasteiger partial charge in [0.2, 0.25) is 0 Å². The zero-order chi connectivity index (χ0) is 20.6. The number of pyridine rings is 1. The maximum Gasteiger partial charge on any atom is 0.410 e. The van der Waals surface area contributed by atoms with Crippen molar-refractivity contribution >= 4 is 11.9 Å². The minimum absolute atomic E-state index is 0.0469. The van der Waals surface area contributed by atoms with Gasteiger partial charge in [0, 0.05) is 45.1 Å². The van der Waals surface area contributed by atoms with E-state index in [-0.39, 0.29) is 23.5 Å². The number of Topliss-reactive ketones (excluding diaryl/α,β-unsaturated/α-hetero) is 1. The first-order chi connectivity index (χ1) is 13.9. The number of rotatable bonds is 3. The van der Waals surface area contributed by atoms with Crippen LogP contribution >= 0.6 is 0 Å². The van der Waals surface area contributed by atoms with Crippen LogP contribution in [0.3, 0.4) is 0 Å². The van der Waals surface area contributed by atoms with E-state index in [2.05, 4.69) is 0 Å². The summed E-state index contributed by atoms with van der Waals surface area (Å²) in [5.74, 6) is 0.263. The molecule has 152 valence electrons. The lowest BCUT2D eigenvalue weighted by atomic mass is 9.80. The van der Waals surface area contributed by atoms with E-state index < -0.39 is 5.60 Å². The Morgan fingerprint density at radius 1 is 0.966 bits per heavy atom. The average Bonchev–Trinajstić information content (AvgIpc) is 2.72. The van der Waals surface area contributed by atoms with E-state index in [1.165, 1.54) is 4.57 Å². The van der Waals surface area contributed by atoms with Gasteiger partial charge in [-0.25, -0.2) is 4.79 Å². The molecular formula is C23H26N2O4. The van der Waals surface area contributed by atoms with Gasteiger partial charge in [-0.2, -0.15) is 0 Å². The second-order valence-corrected chi connectivity index (χ2v) is 8.20. The smallest absolute Gasteiger partial charge is 0.410 e. The monoisotopic (exact) mass is 394 g/mol. The molecule has 1 aromatic heterocycles. The lowest BCUT2D eigenvalue weighted by Crippen LogP contribution is -2.51. The van der Waals surface area contributed by atoms with Crippen molar-refractivity contribution in [2.24, 2.45) is 7.05 Å². The van der Waals surface area contributed by atoms with Gasteiger partial charge in [-0.1, -0.05) is 24.3 Å². The Hall–Kier alpha value is -2.89. The van der Waals surface area contributed by atoms with E-state index in [9.17, 15) is 14.4 Å². The Labute approximate surface area is 170 Å². The Bertz CT molecular complexity index is 983. The largest absolute Gasteiger partial charge is 0.443 e. The number of benzene rings is 1. The summed E-state index contributed by atoms with van der Waals surface area (Å²) >= 11 is 0. The third-order valence-electron chi connectivity index (χ3n) is 6.36. The van der Waals surface area contributed by atoms with Gasteiger partial charge in [-0.15, -0.1) is 0 Å². The number of ketones is 1. The van der Waals surface area contributed by atoms with Gasteiger partial charge in [0.25, 0.3) is 5.56 Å². The summed E-state index contributed by atoms with van der Waals surface area (Å²) in [7, 11) is 1.73. The molecule has 6 nitrogen and oxygen atoms in total. The van der Waals surface area contributed by atoms with Crippen molar-refractivity contribution in [1.82, 2.24) is 9.47 Å². The van der Waals surface area contributed by atoms with Gasteiger partial charge >= 0.3 is 6.09 Å². The normalized spacial score (nSPS) is 19.9. The van der Waals surface area contributed by atoms with Crippen molar-refractivity contribution in [2.75, 3.05) is 6.54 Å². The molecule has 1 spiro atoms. The van der Waals surface area contributed by atoms with Crippen molar-refractivity contribution in [1.29, 1.82) is 0 Å².